The van der Waals surface area contributed by atoms with Crippen LogP contribution in [-0.2, 0) is 38.1 Å². The van der Waals surface area contributed by atoms with Gasteiger partial charge in [-0.05, 0) is 293 Å². The minimum absolute atomic E-state index is 0. The molecule has 135 heavy (non-hydrogen) atoms. The number of thioether (sulfide) groups is 3. The van der Waals surface area contributed by atoms with Crippen LogP contribution in [-0.4, -0.2) is 158 Å². The summed E-state index contributed by atoms with van der Waals surface area (Å²) in [5, 5.41) is 54.0. The first kappa shape index (κ1) is 104. The fourth-order valence-electron chi connectivity index (χ4n) is 15.8. The number of halogens is 5. The summed E-state index contributed by atoms with van der Waals surface area (Å²) in [5.74, 6) is 4.57. The van der Waals surface area contributed by atoms with Gasteiger partial charge >= 0.3 is 42.7 Å². The van der Waals surface area contributed by atoms with Gasteiger partial charge in [-0.25, -0.2) is 5.10 Å². The summed E-state index contributed by atoms with van der Waals surface area (Å²) in [6, 6.07) is 64.0. The topological polar surface area (TPSA) is 347 Å². The molecule has 5 fully saturated rings. The number of aromatic amines is 2. The maximum atomic E-state index is 12.4. The Balaban J connectivity index is 0.000000159. The van der Waals surface area contributed by atoms with E-state index >= 15 is 0 Å². The van der Waals surface area contributed by atoms with E-state index in [1.807, 2.05) is 58.1 Å². The van der Waals surface area contributed by atoms with Gasteiger partial charge < -0.3 is 35.9 Å². The zero-order valence-corrected chi connectivity index (χ0v) is 85.6. The first-order chi connectivity index (χ1) is 64.5. The largest absolute Gasteiger partial charge is 1.00 e. The van der Waals surface area contributed by atoms with Gasteiger partial charge in [0.15, 0.2) is 15.5 Å². The van der Waals surface area contributed by atoms with Gasteiger partial charge in [0.1, 0.15) is 4.75 Å². The van der Waals surface area contributed by atoms with Crippen LogP contribution in [0.2, 0.25) is 0 Å². The first-order valence-electron chi connectivity index (χ1n) is 44.5. The van der Waals surface area contributed by atoms with E-state index in [1.54, 1.807) is 18.4 Å². The number of H-pyrrole nitrogens is 2. The Bertz CT molecular complexity index is 6490. The number of anilines is 2. The average molecular weight is 2170 g/mol. The minimum Gasteiger partial charge on any atom is -0.870 e. The number of aromatic nitrogens is 15. The molecule has 5 aromatic heterocycles. The molecule has 704 valence electrons. The second-order valence-corrected chi connectivity index (χ2v) is 39.5. The molecule has 5 saturated carbocycles. The van der Waals surface area contributed by atoms with E-state index < -0.39 is 11.9 Å². The number of nitrogens with zero attached hydrogens (tertiary/aromatic N) is 13. The molecule has 5 aliphatic carbocycles. The van der Waals surface area contributed by atoms with Gasteiger partial charge in [0.25, 0.3) is 0 Å². The fraction of sp³-hybridized carbons (Fsp3) is 0.347. The zero-order valence-electron chi connectivity index (χ0n) is 76.2. The van der Waals surface area contributed by atoms with Crippen LogP contribution >= 0.6 is 123 Å². The predicted molar refractivity (Wildman–Crippen MR) is 552 cm³/mol. The number of carbonyl (C=O) groups excluding carboxylic acids is 4. The Kier molecular flexibility index (Phi) is 38.5. The molecule has 0 radical (unpaired) electrons. The maximum Gasteiger partial charge on any atom is 1.00 e. The zero-order chi connectivity index (χ0) is 94.0. The summed E-state index contributed by atoms with van der Waals surface area (Å²) in [5.41, 5.74) is 24.3. The van der Waals surface area contributed by atoms with Crippen molar-refractivity contribution in [2.45, 2.75) is 182 Å². The van der Waals surface area contributed by atoms with Crippen LogP contribution in [0, 0.1) is 9.54 Å². The van der Waals surface area contributed by atoms with Gasteiger partial charge in [-0.2, -0.15) is 0 Å². The van der Waals surface area contributed by atoms with Crippen molar-refractivity contribution in [2.75, 3.05) is 61.9 Å². The smallest absolute Gasteiger partial charge is 0.870 e. The molecule has 0 unspecified atom stereocenters. The molecule has 10 aromatic carbocycles. The number of alkyl halides is 2. The van der Waals surface area contributed by atoms with Crippen LogP contribution in [0.3, 0.4) is 0 Å². The number of ether oxygens (including phenoxy) is 4. The molecule has 20 rings (SSSR count). The van der Waals surface area contributed by atoms with E-state index in [0.717, 1.165) is 50.3 Å². The average Bonchev–Trinajstić information content (AvgIpc) is 1.61. The SMILES string of the molecule is C.CCOC(=O)C(C)(C)Sc1nnc(Br)n1-c1ccc(C2CC2)c2ccccc12.CCOC(=O)CCBr.CCOC(=O)CCSc1nnc(Br)n1-c1ccc(C2CC2)c2ccccc12.CCOC(=O)CCSc1nnc(N)n1-c1ccc(C2CC2)c2ccccc12.Nc1n[nH]c(=S)n1-c1ccc(C2CC2)c2ccccc12.S=c1[nH]nc(Br)n1-c1ccc(C2CC2)c2ccccc12.[2H]CF.[Li+].[OH-]. The third-order valence-corrected chi connectivity index (χ3v) is 28.0. The Hall–Kier alpha value is -9.42. The van der Waals surface area contributed by atoms with Gasteiger partial charge in [-0.1, -0.05) is 210 Å². The van der Waals surface area contributed by atoms with Crippen molar-refractivity contribution >= 4 is 213 Å². The molecule has 0 bridgehead atoms. The van der Waals surface area contributed by atoms with Crippen LogP contribution < -0.4 is 30.3 Å². The van der Waals surface area contributed by atoms with E-state index in [0.29, 0.717) is 132 Å². The van der Waals surface area contributed by atoms with Crippen molar-refractivity contribution in [3.8, 4) is 28.4 Å². The number of fused-ring (bicyclic) bond motifs is 5. The summed E-state index contributed by atoms with van der Waals surface area (Å²) in [6.07, 6.45) is 13.9. The van der Waals surface area contributed by atoms with Crippen molar-refractivity contribution in [1.29, 1.82) is 0 Å². The molecule has 5 aliphatic rings. The van der Waals surface area contributed by atoms with Crippen LogP contribution in [0.15, 0.2) is 212 Å². The van der Waals surface area contributed by atoms with Gasteiger partial charge in [-0.15, -0.1) is 40.8 Å². The summed E-state index contributed by atoms with van der Waals surface area (Å²) in [6.45, 7) is 12.5. The van der Waals surface area contributed by atoms with Crippen molar-refractivity contribution in [3.05, 3.63) is 234 Å². The van der Waals surface area contributed by atoms with Crippen LogP contribution in [0.4, 0.5) is 16.3 Å². The Morgan fingerprint density at radius 3 is 1.03 bits per heavy atom. The van der Waals surface area contributed by atoms with Crippen molar-refractivity contribution in [3.63, 3.8) is 0 Å². The molecular formula is C98H107Br4FLiN17O9S5. The molecule has 15 aromatic rings. The molecule has 0 atom stereocenters. The summed E-state index contributed by atoms with van der Waals surface area (Å²) >= 11 is 28.6. The molecular weight excluding hydrogens is 2070 g/mol. The number of esters is 4. The number of benzene rings is 10. The molecule has 0 amide bonds. The van der Waals surface area contributed by atoms with Crippen molar-refractivity contribution < 1.29 is 68.2 Å². The fourth-order valence-corrected chi connectivity index (χ4v) is 20.9. The molecule has 0 aliphatic heterocycles. The van der Waals surface area contributed by atoms with Gasteiger partial charge in [0.05, 0.1) is 82.7 Å². The van der Waals surface area contributed by atoms with Crippen molar-refractivity contribution in [1.82, 2.24) is 73.8 Å². The second-order valence-electron chi connectivity index (χ2n) is 32.1. The molecule has 26 nitrogen and oxygen atoms in total. The Labute approximate surface area is 853 Å². The number of nitrogen functional groups attached to an aromatic ring is 2. The summed E-state index contributed by atoms with van der Waals surface area (Å²) < 4.78 is 47.2. The summed E-state index contributed by atoms with van der Waals surface area (Å²) in [7, 11) is -1.00. The third kappa shape index (κ3) is 25.9. The number of hydrogen-bond donors (Lipinski definition) is 4. The molecule has 0 spiro atoms. The summed E-state index contributed by atoms with van der Waals surface area (Å²) in [4.78, 5) is 45.9. The van der Waals surface area contributed by atoms with Crippen LogP contribution in [0.25, 0.3) is 82.3 Å². The Morgan fingerprint density at radius 1 is 0.422 bits per heavy atom. The van der Waals surface area contributed by atoms with Gasteiger partial charge in [-0.3, -0.25) is 51.5 Å². The molecule has 5 heterocycles. The third-order valence-electron chi connectivity index (χ3n) is 22.5. The van der Waals surface area contributed by atoms with E-state index in [4.69, 9.17) is 51.5 Å². The standard InChI is InChI=1S/C21H22BrN3O2S.C20H20BrN3O2S.C20H22N4O2S.C15H12BrN3S.C15H14N4S.C5H9BrO2.CH3F.CH4.Li.H2O/c1-4-27-18(26)21(2,3)28-20-24-23-19(22)25(20)17-12-11-14(13-9-10-13)15-7-5-6-8-16(15)17;2*1-2-26-18(25)11-12-27-20-23-22-19(21)24(20)17-10-9-14(13-7-8-13)15-5-3-4-6-16(15)17;2*16-14-17-18-15(20)19(14)13-8-7-10(9-5-6-9)11-3-1-2-4-12(11)13;1-2-8-5(7)3-4-6;1-2;;;/h5-8,11-13H,4,9-10H2,1-3H3;3-6,9-10,13H,2,7-8,11-12H2,1H3;3-6,9-10,13H,2,7-8,11-12H2,1H3,(H2,21,22);1-4,7-9H,5-6H2,(H,18,20);1-4,7-9H,5-6H2,(H2,16,17)(H,18,20);2-4H2,1H3;1H3;1H4;;1H2/q;;;;;;;;+1;/p-1/i;;;;;;1D;;;. The number of rotatable bonds is 27. The van der Waals surface area contributed by atoms with E-state index in [1.165, 1.54) is 170 Å². The minimum atomic E-state index is -1.00. The molecule has 37 heteroatoms. The second kappa shape index (κ2) is 49.7. The molecule has 7 N–H and O–H groups in total. The Morgan fingerprint density at radius 2 is 0.711 bits per heavy atom. The van der Waals surface area contributed by atoms with E-state index in [-0.39, 0.29) is 55.6 Å². The maximum absolute atomic E-state index is 12.4. The quantitative estimate of drug-likeness (QED) is 0.00927. The van der Waals surface area contributed by atoms with Crippen molar-refractivity contribution in [2.24, 2.45) is 0 Å². The number of carbonyl (C=O) groups is 4. The first-order valence-corrected chi connectivity index (χ1v) is 50.9. The predicted octanol–water partition coefficient (Wildman–Crippen LogP) is 22.2. The van der Waals surface area contributed by atoms with E-state index in [9.17, 15) is 23.6 Å². The normalized spacial score (nSPS) is 13.6. The molecule has 0 saturated heterocycles. The monoisotopic (exact) mass is 2170 g/mol. The number of nitrogens with one attached hydrogen (secondary N) is 2. The van der Waals surface area contributed by atoms with Crippen LogP contribution in [0.1, 0.15) is 191 Å². The van der Waals surface area contributed by atoms with Gasteiger partial charge in [0, 0.05) is 43.8 Å². The van der Waals surface area contributed by atoms with E-state index in [2.05, 4.69) is 289 Å². The number of nitrogens with two attached hydrogens (primary N) is 2. The number of hydrogen-bond acceptors (Lipinski definition) is 24. The van der Waals surface area contributed by atoms with Gasteiger partial charge in [0.2, 0.25) is 35.6 Å². The van der Waals surface area contributed by atoms with Crippen LogP contribution in [0.5, 0.6) is 0 Å².